The Balaban J connectivity index is 2.59. The van der Waals surface area contributed by atoms with Crippen LogP contribution in [-0.4, -0.2) is 15.8 Å². The first kappa shape index (κ1) is 8.10. The van der Waals surface area contributed by atoms with Crippen LogP contribution in [0.4, 0.5) is 0 Å². The Morgan fingerprint density at radius 1 is 1.46 bits per heavy atom. The molecular weight excluding hydrogens is 164 g/mol. The summed E-state index contributed by atoms with van der Waals surface area (Å²) in [5.74, 6) is 0.766. The zero-order chi connectivity index (χ0) is 9.42. The molecule has 0 N–H and O–H groups in total. The summed E-state index contributed by atoms with van der Waals surface area (Å²) in [5.41, 5.74) is 1.39. The second kappa shape index (κ2) is 2.76. The third-order valence-corrected chi connectivity index (χ3v) is 2.16. The van der Waals surface area contributed by atoms with E-state index < -0.39 is 0 Å². The summed E-state index contributed by atoms with van der Waals surface area (Å²) in [6, 6.07) is 0. The largest absolute Gasteiger partial charge is 0.293 e. The maximum atomic E-state index is 11.6. The highest BCUT2D eigenvalue weighted by atomic mass is 16.1. The van der Waals surface area contributed by atoms with Gasteiger partial charge in [-0.3, -0.25) is 4.79 Å². The molecule has 1 aromatic heterocycles. The van der Waals surface area contributed by atoms with Crippen molar-refractivity contribution < 1.29 is 4.79 Å². The minimum absolute atomic E-state index is 0.0428. The number of hydrogen-bond donors (Lipinski definition) is 0. The number of hydrogen-bond acceptors (Lipinski definition) is 3. The molecule has 13 heavy (non-hydrogen) atoms. The molecule has 0 saturated heterocycles. The molecule has 1 aromatic rings. The molecular formula is C10H10N2O. The van der Waals surface area contributed by atoms with E-state index in [1.807, 2.05) is 26.0 Å². The van der Waals surface area contributed by atoms with Crippen LogP contribution < -0.4 is 0 Å². The Bertz CT molecular complexity index is 396. The fourth-order valence-corrected chi connectivity index (χ4v) is 1.37. The summed E-state index contributed by atoms with van der Waals surface area (Å²) >= 11 is 0. The van der Waals surface area contributed by atoms with E-state index in [0.717, 1.165) is 5.69 Å². The van der Waals surface area contributed by atoms with Crippen molar-refractivity contribution in [3.05, 3.63) is 29.4 Å². The van der Waals surface area contributed by atoms with Crippen LogP contribution in [0.25, 0.3) is 6.08 Å². The lowest BCUT2D eigenvalue weighted by molar-refractivity contribution is 0.0950. The van der Waals surface area contributed by atoms with E-state index in [1.165, 1.54) is 0 Å². The van der Waals surface area contributed by atoms with Gasteiger partial charge < -0.3 is 0 Å². The lowest BCUT2D eigenvalue weighted by atomic mass is 9.93. The number of aryl methyl sites for hydroxylation is 1. The fraction of sp³-hybridized carbons (Fsp3) is 0.300. The van der Waals surface area contributed by atoms with Crippen LogP contribution in [-0.2, 0) is 0 Å². The molecule has 0 aliphatic heterocycles. The smallest absolute Gasteiger partial charge is 0.173 e. The standard InChI is InChI=1S/C10H10N2O/c1-6-3-4-9-8(10(6)13)5-11-7(2)12-9/h3-6H,1-2H3. The predicted octanol–water partition coefficient (Wildman–Crippen LogP) is 1.63. The first-order valence-corrected chi connectivity index (χ1v) is 4.24. The Hall–Kier alpha value is -1.51. The molecule has 0 bridgehead atoms. The molecule has 2 rings (SSSR count). The van der Waals surface area contributed by atoms with Gasteiger partial charge in [0.2, 0.25) is 0 Å². The number of Topliss-reactive ketones (excluding diaryl/α,β-unsaturated/α-hetero) is 1. The lowest BCUT2D eigenvalue weighted by Crippen LogP contribution is -2.15. The fourth-order valence-electron chi connectivity index (χ4n) is 1.37. The van der Waals surface area contributed by atoms with Gasteiger partial charge in [0.15, 0.2) is 5.78 Å². The highest BCUT2D eigenvalue weighted by Crippen LogP contribution is 2.20. The number of carbonyl (C=O) groups is 1. The SMILES string of the molecule is Cc1ncc2c(n1)C=CC(C)C2=O. The van der Waals surface area contributed by atoms with Gasteiger partial charge in [-0.15, -0.1) is 0 Å². The molecule has 1 unspecified atom stereocenters. The van der Waals surface area contributed by atoms with Crippen molar-refractivity contribution in [1.29, 1.82) is 0 Å². The molecule has 1 aliphatic carbocycles. The Kier molecular flexibility index (Phi) is 1.72. The number of fused-ring (bicyclic) bond motifs is 1. The molecule has 3 nitrogen and oxygen atoms in total. The van der Waals surface area contributed by atoms with Gasteiger partial charge in [0.1, 0.15) is 5.82 Å². The van der Waals surface area contributed by atoms with Crippen molar-refractivity contribution in [2.75, 3.05) is 0 Å². The molecule has 0 amide bonds. The molecule has 0 spiro atoms. The first-order chi connectivity index (χ1) is 6.18. The van der Waals surface area contributed by atoms with Crippen molar-refractivity contribution in [3.8, 4) is 0 Å². The van der Waals surface area contributed by atoms with Gasteiger partial charge in [-0.1, -0.05) is 13.0 Å². The summed E-state index contributed by atoms with van der Waals surface area (Å²) in [7, 11) is 0. The van der Waals surface area contributed by atoms with Crippen molar-refractivity contribution in [1.82, 2.24) is 9.97 Å². The van der Waals surface area contributed by atoms with Gasteiger partial charge in [-0.05, 0) is 13.0 Å². The lowest BCUT2D eigenvalue weighted by Gasteiger charge is -2.12. The molecule has 1 aliphatic rings. The molecule has 3 heteroatoms. The van der Waals surface area contributed by atoms with Gasteiger partial charge in [-0.2, -0.15) is 0 Å². The molecule has 0 saturated carbocycles. The summed E-state index contributed by atoms with van der Waals surface area (Å²) in [5, 5.41) is 0. The van der Waals surface area contributed by atoms with Gasteiger partial charge in [-0.25, -0.2) is 9.97 Å². The van der Waals surface area contributed by atoms with Gasteiger partial charge in [0.05, 0.1) is 11.3 Å². The highest BCUT2D eigenvalue weighted by molar-refractivity contribution is 6.03. The second-order valence-electron chi connectivity index (χ2n) is 3.23. The summed E-state index contributed by atoms with van der Waals surface area (Å²) in [4.78, 5) is 19.8. The molecule has 0 aromatic carbocycles. The van der Waals surface area contributed by atoms with Crippen LogP contribution >= 0.6 is 0 Å². The van der Waals surface area contributed by atoms with Crippen LogP contribution in [0.3, 0.4) is 0 Å². The van der Waals surface area contributed by atoms with Crippen LogP contribution in [0.1, 0.15) is 28.8 Å². The number of aromatic nitrogens is 2. The number of rotatable bonds is 0. The number of carbonyl (C=O) groups excluding carboxylic acids is 1. The maximum Gasteiger partial charge on any atom is 0.173 e. The Labute approximate surface area is 76.5 Å². The molecule has 66 valence electrons. The van der Waals surface area contributed by atoms with Gasteiger partial charge in [0, 0.05) is 12.1 Å². The number of allylic oxidation sites excluding steroid dienone is 1. The van der Waals surface area contributed by atoms with E-state index in [4.69, 9.17) is 0 Å². The van der Waals surface area contributed by atoms with Crippen molar-refractivity contribution in [2.24, 2.45) is 5.92 Å². The number of ketones is 1. The van der Waals surface area contributed by atoms with Crippen molar-refractivity contribution in [3.63, 3.8) is 0 Å². The van der Waals surface area contributed by atoms with E-state index in [2.05, 4.69) is 9.97 Å². The summed E-state index contributed by atoms with van der Waals surface area (Å²) in [6.07, 6.45) is 5.37. The second-order valence-corrected chi connectivity index (χ2v) is 3.23. The normalized spacial score (nSPS) is 20.2. The van der Waals surface area contributed by atoms with Gasteiger partial charge in [0.25, 0.3) is 0 Å². The molecule has 0 radical (unpaired) electrons. The van der Waals surface area contributed by atoms with Crippen LogP contribution in [0.2, 0.25) is 0 Å². The third kappa shape index (κ3) is 1.26. The highest BCUT2D eigenvalue weighted by Gasteiger charge is 2.20. The van der Waals surface area contributed by atoms with Crippen LogP contribution in [0.5, 0.6) is 0 Å². The quantitative estimate of drug-likeness (QED) is 0.600. The van der Waals surface area contributed by atoms with E-state index in [-0.39, 0.29) is 11.7 Å². The average molecular weight is 174 g/mol. The van der Waals surface area contributed by atoms with E-state index in [1.54, 1.807) is 6.20 Å². The molecule has 1 heterocycles. The Morgan fingerprint density at radius 2 is 2.23 bits per heavy atom. The van der Waals surface area contributed by atoms with Crippen molar-refractivity contribution >= 4 is 11.9 Å². The Morgan fingerprint density at radius 3 is 3.00 bits per heavy atom. The monoisotopic (exact) mass is 174 g/mol. The zero-order valence-corrected chi connectivity index (χ0v) is 7.61. The molecule has 0 fully saturated rings. The molecule has 1 atom stereocenters. The van der Waals surface area contributed by atoms with Crippen LogP contribution in [0, 0.1) is 12.8 Å². The van der Waals surface area contributed by atoms with Crippen molar-refractivity contribution in [2.45, 2.75) is 13.8 Å². The maximum absolute atomic E-state index is 11.6. The van der Waals surface area contributed by atoms with E-state index >= 15 is 0 Å². The first-order valence-electron chi connectivity index (χ1n) is 4.24. The topological polar surface area (TPSA) is 42.9 Å². The number of nitrogens with zero attached hydrogens (tertiary/aromatic N) is 2. The van der Waals surface area contributed by atoms with E-state index in [9.17, 15) is 4.79 Å². The van der Waals surface area contributed by atoms with E-state index in [0.29, 0.717) is 11.4 Å². The van der Waals surface area contributed by atoms with Gasteiger partial charge >= 0.3 is 0 Å². The van der Waals surface area contributed by atoms with Crippen LogP contribution in [0.15, 0.2) is 12.3 Å². The minimum atomic E-state index is -0.0428. The minimum Gasteiger partial charge on any atom is -0.293 e. The summed E-state index contributed by atoms with van der Waals surface area (Å²) < 4.78 is 0. The third-order valence-electron chi connectivity index (χ3n) is 2.16. The average Bonchev–Trinajstić information content (AvgIpc) is 2.12. The predicted molar refractivity (Wildman–Crippen MR) is 49.3 cm³/mol. The summed E-state index contributed by atoms with van der Waals surface area (Å²) in [6.45, 7) is 3.69. The zero-order valence-electron chi connectivity index (χ0n) is 7.61.